The lowest BCUT2D eigenvalue weighted by Gasteiger charge is -2.18. The van der Waals surface area contributed by atoms with Crippen molar-refractivity contribution in [3.8, 4) is 11.4 Å². The maximum atomic E-state index is 13.1. The zero-order valence-corrected chi connectivity index (χ0v) is 14.7. The standard InChI is InChI=1S/C17H21FN4OS/c1-4-11-22-16(13-7-9-14(18)10-8-13)19-20-17(22)24-12-15(23)21(5-2)6-3/h4,7-10H,1,5-6,11-12H2,2-3H3. The Bertz CT molecular complexity index is 695. The highest BCUT2D eigenvalue weighted by atomic mass is 32.2. The normalized spacial score (nSPS) is 10.6. The predicted molar refractivity (Wildman–Crippen MR) is 94.3 cm³/mol. The lowest BCUT2D eigenvalue weighted by molar-refractivity contribution is -0.127. The molecule has 0 saturated heterocycles. The number of allylic oxidation sites excluding steroid dienone is 1. The van der Waals surface area contributed by atoms with Crippen LogP contribution in [0, 0.1) is 5.82 Å². The van der Waals surface area contributed by atoms with Crippen LogP contribution in [0.5, 0.6) is 0 Å². The molecule has 7 heteroatoms. The highest BCUT2D eigenvalue weighted by Gasteiger charge is 2.16. The van der Waals surface area contributed by atoms with Crippen LogP contribution >= 0.6 is 11.8 Å². The van der Waals surface area contributed by atoms with Crippen LogP contribution in [0.2, 0.25) is 0 Å². The van der Waals surface area contributed by atoms with Crippen molar-refractivity contribution in [3.05, 3.63) is 42.7 Å². The highest BCUT2D eigenvalue weighted by Crippen LogP contribution is 2.24. The Balaban J connectivity index is 2.20. The first kappa shape index (κ1) is 18.2. The Morgan fingerprint density at radius 3 is 2.54 bits per heavy atom. The summed E-state index contributed by atoms with van der Waals surface area (Å²) >= 11 is 1.35. The molecule has 128 valence electrons. The minimum atomic E-state index is -0.298. The average Bonchev–Trinajstić information content (AvgIpc) is 2.98. The van der Waals surface area contributed by atoms with Gasteiger partial charge in [-0.15, -0.1) is 16.8 Å². The number of amides is 1. The van der Waals surface area contributed by atoms with Crippen LogP contribution in [0.1, 0.15) is 13.8 Å². The van der Waals surface area contributed by atoms with Gasteiger partial charge < -0.3 is 4.90 Å². The van der Waals surface area contributed by atoms with Gasteiger partial charge in [0, 0.05) is 25.2 Å². The first-order valence-electron chi connectivity index (χ1n) is 7.81. The molecule has 2 rings (SSSR count). The minimum absolute atomic E-state index is 0.0708. The van der Waals surface area contributed by atoms with Gasteiger partial charge in [0.05, 0.1) is 5.75 Å². The van der Waals surface area contributed by atoms with Gasteiger partial charge in [0.1, 0.15) is 5.82 Å². The van der Waals surface area contributed by atoms with Crippen LogP contribution in [-0.4, -0.2) is 44.4 Å². The van der Waals surface area contributed by atoms with Crippen molar-refractivity contribution < 1.29 is 9.18 Å². The van der Waals surface area contributed by atoms with E-state index in [9.17, 15) is 9.18 Å². The van der Waals surface area contributed by atoms with E-state index in [0.29, 0.717) is 36.4 Å². The number of carbonyl (C=O) groups excluding carboxylic acids is 1. The lowest BCUT2D eigenvalue weighted by Crippen LogP contribution is -2.31. The SMILES string of the molecule is C=CCn1c(SCC(=O)N(CC)CC)nnc1-c1ccc(F)cc1. The van der Waals surface area contributed by atoms with Crippen molar-refractivity contribution in [2.75, 3.05) is 18.8 Å². The van der Waals surface area contributed by atoms with Crippen LogP contribution < -0.4 is 0 Å². The molecule has 0 radical (unpaired) electrons. The molecule has 5 nitrogen and oxygen atoms in total. The van der Waals surface area contributed by atoms with E-state index < -0.39 is 0 Å². The molecule has 0 fully saturated rings. The van der Waals surface area contributed by atoms with Crippen molar-refractivity contribution in [1.82, 2.24) is 19.7 Å². The summed E-state index contributed by atoms with van der Waals surface area (Å²) < 4.78 is 15.0. The molecule has 0 aliphatic rings. The van der Waals surface area contributed by atoms with Crippen molar-refractivity contribution in [1.29, 1.82) is 0 Å². The fourth-order valence-corrected chi connectivity index (χ4v) is 3.15. The van der Waals surface area contributed by atoms with Gasteiger partial charge in [-0.3, -0.25) is 9.36 Å². The van der Waals surface area contributed by atoms with Crippen molar-refractivity contribution in [3.63, 3.8) is 0 Å². The Morgan fingerprint density at radius 2 is 1.96 bits per heavy atom. The number of aromatic nitrogens is 3. The molecule has 1 heterocycles. The second-order valence-corrected chi connectivity index (χ2v) is 6.01. The third kappa shape index (κ3) is 4.23. The molecule has 1 aromatic heterocycles. The van der Waals surface area contributed by atoms with Crippen LogP contribution in [0.4, 0.5) is 4.39 Å². The Labute approximate surface area is 145 Å². The number of thioether (sulfide) groups is 1. The Hall–Kier alpha value is -2.15. The molecule has 2 aromatic rings. The molecule has 0 spiro atoms. The van der Waals surface area contributed by atoms with E-state index in [0.717, 1.165) is 5.56 Å². The number of carbonyl (C=O) groups is 1. The van der Waals surface area contributed by atoms with Gasteiger partial charge in [-0.1, -0.05) is 17.8 Å². The molecule has 0 aliphatic heterocycles. The molecule has 1 amide bonds. The van der Waals surface area contributed by atoms with Crippen molar-refractivity contribution in [2.24, 2.45) is 0 Å². The van der Waals surface area contributed by atoms with Gasteiger partial charge in [0.2, 0.25) is 5.91 Å². The van der Waals surface area contributed by atoms with Gasteiger partial charge >= 0.3 is 0 Å². The van der Waals surface area contributed by atoms with Gasteiger partial charge in [-0.2, -0.15) is 0 Å². The number of nitrogens with zero attached hydrogens (tertiary/aromatic N) is 4. The second kappa shape index (κ2) is 8.63. The Morgan fingerprint density at radius 1 is 1.29 bits per heavy atom. The molecule has 0 N–H and O–H groups in total. The summed E-state index contributed by atoms with van der Waals surface area (Å²) in [6.45, 7) is 9.57. The topological polar surface area (TPSA) is 51.0 Å². The number of benzene rings is 1. The molecular weight excluding hydrogens is 327 g/mol. The fraction of sp³-hybridized carbons (Fsp3) is 0.353. The van der Waals surface area contributed by atoms with Crippen LogP contribution in [0.25, 0.3) is 11.4 Å². The van der Waals surface area contributed by atoms with Crippen LogP contribution in [0.3, 0.4) is 0 Å². The fourth-order valence-electron chi connectivity index (χ4n) is 2.30. The van der Waals surface area contributed by atoms with Gasteiger partial charge in [0.15, 0.2) is 11.0 Å². The van der Waals surface area contributed by atoms with E-state index >= 15 is 0 Å². The van der Waals surface area contributed by atoms with E-state index in [1.807, 2.05) is 18.4 Å². The van der Waals surface area contributed by atoms with Gasteiger partial charge in [-0.05, 0) is 38.1 Å². The Kier molecular flexibility index (Phi) is 6.54. The summed E-state index contributed by atoms with van der Waals surface area (Å²) in [6.07, 6.45) is 1.74. The van der Waals surface area contributed by atoms with Crippen LogP contribution in [-0.2, 0) is 11.3 Å². The van der Waals surface area contributed by atoms with Crippen molar-refractivity contribution >= 4 is 17.7 Å². The lowest BCUT2D eigenvalue weighted by atomic mass is 10.2. The third-order valence-corrected chi connectivity index (χ3v) is 4.52. The quantitative estimate of drug-likeness (QED) is 0.543. The monoisotopic (exact) mass is 348 g/mol. The summed E-state index contributed by atoms with van der Waals surface area (Å²) in [4.78, 5) is 13.9. The third-order valence-electron chi connectivity index (χ3n) is 3.57. The maximum Gasteiger partial charge on any atom is 0.233 e. The van der Waals surface area contributed by atoms with Gasteiger partial charge in [-0.25, -0.2) is 4.39 Å². The molecule has 1 aromatic carbocycles. The number of halogens is 1. The summed E-state index contributed by atoms with van der Waals surface area (Å²) in [5.74, 6) is 0.711. The van der Waals surface area contributed by atoms with E-state index in [-0.39, 0.29) is 11.7 Å². The molecular formula is C17H21FN4OS. The number of hydrogen-bond acceptors (Lipinski definition) is 4. The van der Waals surface area contributed by atoms with Crippen LogP contribution in [0.15, 0.2) is 42.1 Å². The molecule has 24 heavy (non-hydrogen) atoms. The van der Waals surface area contributed by atoms with E-state index in [1.54, 1.807) is 23.1 Å². The molecule has 0 unspecified atom stereocenters. The first-order chi connectivity index (χ1) is 11.6. The molecule has 0 aliphatic carbocycles. The summed E-state index contributed by atoms with van der Waals surface area (Å²) in [6, 6.07) is 6.10. The minimum Gasteiger partial charge on any atom is -0.343 e. The summed E-state index contributed by atoms with van der Waals surface area (Å²) in [7, 11) is 0. The maximum absolute atomic E-state index is 13.1. The average molecular weight is 348 g/mol. The molecule has 0 bridgehead atoms. The highest BCUT2D eigenvalue weighted by molar-refractivity contribution is 7.99. The van der Waals surface area contributed by atoms with Gasteiger partial charge in [0.25, 0.3) is 0 Å². The molecule has 0 atom stereocenters. The number of rotatable bonds is 8. The summed E-state index contributed by atoms with van der Waals surface area (Å²) in [5, 5.41) is 9.02. The summed E-state index contributed by atoms with van der Waals surface area (Å²) in [5.41, 5.74) is 0.771. The largest absolute Gasteiger partial charge is 0.343 e. The van der Waals surface area contributed by atoms with E-state index in [4.69, 9.17) is 0 Å². The second-order valence-electron chi connectivity index (χ2n) is 5.07. The zero-order chi connectivity index (χ0) is 17.5. The first-order valence-corrected chi connectivity index (χ1v) is 8.79. The zero-order valence-electron chi connectivity index (χ0n) is 13.9. The van der Waals surface area contributed by atoms with E-state index in [2.05, 4.69) is 16.8 Å². The predicted octanol–water partition coefficient (Wildman–Crippen LogP) is 3.23. The number of hydrogen-bond donors (Lipinski definition) is 0. The molecule has 0 saturated carbocycles. The van der Waals surface area contributed by atoms with Crippen molar-refractivity contribution in [2.45, 2.75) is 25.5 Å². The van der Waals surface area contributed by atoms with E-state index in [1.165, 1.54) is 23.9 Å². The smallest absolute Gasteiger partial charge is 0.233 e.